The van der Waals surface area contributed by atoms with E-state index in [2.05, 4.69) is 20.5 Å². The van der Waals surface area contributed by atoms with Gasteiger partial charge < -0.3 is 15.4 Å². The predicted octanol–water partition coefficient (Wildman–Crippen LogP) is 4.65. The van der Waals surface area contributed by atoms with Crippen molar-refractivity contribution in [3.05, 3.63) is 71.9 Å². The van der Waals surface area contributed by atoms with Gasteiger partial charge in [-0.15, -0.1) is 0 Å². The highest BCUT2D eigenvalue weighted by atomic mass is 32.1. The lowest BCUT2D eigenvalue weighted by molar-refractivity contribution is -0.0493. The highest BCUT2D eigenvalue weighted by Crippen LogP contribution is 2.27. The van der Waals surface area contributed by atoms with Crippen molar-refractivity contribution in [2.24, 2.45) is 0 Å². The fraction of sp³-hybridized carbons (Fsp3) is 0.158. The zero-order chi connectivity index (χ0) is 19.2. The van der Waals surface area contributed by atoms with E-state index in [4.69, 9.17) is 12.2 Å². The highest BCUT2D eigenvalue weighted by molar-refractivity contribution is 7.80. The standard InChI is InChI=1S/C19H18F2N4OS/c1-13-7-8-16(26-18(20)21)15(11-13)22-19(27)23-17-9-10-25(24-17)12-14-5-3-2-4-6-14/h2-11,18H,12H2,1H3,(H2,22,23,24,27). The summed E-state index contributed by atoms with van der Waals surface area (Å²) in [5.74, 6) is 0.571. The molecule has 2 aromatic carbocycles. The summed E-state index contributed by atoms with van der Waals surface area (Å²) >= 11 is 5.26. The number of aromatic nitrogens is 2. The van der Waals surface area contributed by atoms with Crippen molar-refractivity contribution in [2.45, 2.75) is 20.1 Å². The molecule has 0 saturated carbocycles. The fourth-order valence-corrected chi connectivity index (χ4v) is 2.71. The van der Waals surface area contributed by atoms with Crippen LogP contribution < -0.4 is 15.4 Å². The molecule has 1 aromatic heterocycles. The van der Waals surface area contributed by atoms with E-state index in [1.807, 2.05) is 43.5 Å². The van der Waals surface area contributed by atoms with Gasteiger partial charge in [0.15, 0.2) is 10.9 Å². The lowest BCUT2D eigenvalue weighted by Crippen LogP contribution is -2.20. The molecule has 0 radical (unpaired) electrons. The number of rotatable bonds is 6. The van der Waals surface area contributed by atoms with E-state index in [1.165, 1.54) is 6.07 Å². The summed E-state index contributed by atoms with van der Waals surface area (Å²) < 4.78 is 31.4. The third-order valence-corrected chi connectivity index (χ3v) is 3.87. The van der Waals surface area contributed by atoms with Gasteiger partial charge in [0.25, 0.3) is 0 Å². The number of nitrogens with zero attached hydrogens (tertiary/aromatic N) is 2. The van der Waals surface area contributed by atoms with Gasteiger partial charge in [-0.05, 0) is 42.4 Å². The second-order valence-corrected chi connectivity index (χ2v) is 6.25. The maximum absolute atomic E-state index is 12.6. The first-order valence-corrected chi connectivity index (χ1v) is 8.61. The molecule has 27 heavy (non-hydrogen) atoms. The van der Waals surface area contributed by atoms with Gasteiger partial charge in [0, 0.05) is 12.3 Å². The molecule has 5 nitrogen and oxygen atoms in total. The average Bonchev–Trinajstić information content (AvgIpc) is 3.04. The second-order valence-electron chi connectivity index (χ2n) is 5.84. The Morgan fingerprint density at radius 2 is 1.93 bits per heavy atom. The Hall–Kier alpha value is -3.00. The van der Waals surface area contributed by atoms with Gasteiger partial charge in [0.1, 0.15) is 5.75 Å². The van der Waals surface area contributed by atoms with Gasteiger partial charge in [-0.3, -0.25) is 4.68 Å². The number of halogens is 2. The van der Waals surface area contributed by atoms with Gasteiger partial charge in [0.2, 0.25) is 0 Å². The van der Waals surface area contributed by atoms with Crippen LogP contribution in [-0.4, -0.2) is 21.5 Å². The van der Waals surface area contributed by atoms with Crippen LogP contribution in [0.2, 0.25) is 0 Å². The van der Waals surface area contributed by atoms with E-state index in [0.717, 1.165) is 11.1 Å². The predicted molar refractivity (Wildman–Crippen MR) is 105 cm³/mol. The lowest BCUT2D eigenvalue weighted by atomic mass is 10.2. The minimum absolute atomic E-state index is 0.0226. The lowest BCUT2D eigenvalue weighted by Gasteiger charge is -2.14. The fourth-order valence-electron chi connectivity index (χ4n) is 2.50. The Morgan fingerprint density at radius 1 is 1.15 bits per heavy atom. The molecular formula is C19H18F2N4OS. The van der Waals surface area contributed by atoms with Gasteiger partial charge in [-0.2, -0.15) is 13.9 Å². The molecule has 0 fully saturated rings. The Bertz CT molecular complexity index is 915. The van der Waals surface area contributed by atoms with Crippen LogP contribution in [0.4, 0.5) is 20.3 Å². The molecule has 0 aliphatic heterocycles. The average molecular weight is 388 g/mol. The summed E-state index contributed by atoms with van der Waals surface area (Å²) in [5, 5.41) is 10.4. The molecule has 0 amide bonds. The number of thiocarbonyl (C=S) groups is 1. The van der Waals surface area contributed by atoms with Crippen LogP contribution in [-0.2, 0) is 6.54 Å². The van der Waals surface area contributed by atoms with Crippen LogP contribution in [0.25, 0.3) is 0 Å². The third-order valence-electron chi connectivity index (χ3n) is 3.67. The van der Waals surface area contributed by atoms with Gasteiger partial charge >= 0.3 is 6.61 Å². The summed E-state index contributed by atoms with van der Waals surface area (Å²) in [6.07, 6.45) is 1.83. The van der Waals surface area contributed by atoms with Gasteiger partial charge in [-0.1, -0.05) is 36.4 Å². The molecular weight excluding hydrogens is 370 g/mol. The van der Waals surface area contributed by atoms with Crippen LogP contribution >= 0.6 is 12.2 Å². The molecule has 0 unspecified atom stereocenters. The first-order valence-electron chi connectivity index (χ1n) is 8.20. The van der Waals surface area contributed by atoms with Crippen LogP contribution in [0.5, 0.6) is 5.75 Å². The summed E-state index contributed by atoms with van der Waals surface area (Å²) in [4.78, 5) is 0. The minimum atomic E-state index is -2.91. The third kappa shape index (κ3) is 5.49. The first kappa shape index (κ1) is 18.8. The summed E-state index contributed by atoms with van der Waals surface area (Å²) in [7, 11) is 0. The molecule has 0 aliphatic carbocycles. The largest absolute Gasteiger partial charge is 0.433 e. The molecule has 1 heterocycles. The van der Waals surface area contributed by atoms with Crippen molar-refractivity contribution in [1.29, 1.82) is 0 Å². The molecule has 3 rings (SSSR count). The van der Waals surface area contributed by atoms with Gasteiger partial charge in [-0.25, -0.2) is 0 Å². The van der Waals surface area contributed by atoms with E-state index >= 15 is 0 Å². The molecule has 0 atom stereocenters. The first-order chi connectivity index (χ1) is 13.0. The Kier molecular flexibility index (Phi) is 5.97. The molecule has 0 spiro atoms. The van der Waals surface area contributed by atoms with Crippen molar-refractivity contribution >= 4 is 28.8 Å². The van der Waals surface area contributed by atoms with Crippen molar-refractivity contribution in [2.75, 3.05) is 10.6 Å². The van der Waals surface area contributed by atoms with E-state index in [1.54, 1.807) is 22.9 Å². The number of nitrogens with one attached hydrogen (secondary N) is 2. The van der Waals surface area contributed by atoms with Crippen LogP contribution in [0.3, 0.4) is 0 Å². The zero-order valence-electron chi connectivity index (χ0n) is 14.5. The summed E-state index contributed by atoms with van der Waals surface area (Å²) in [5.41, 5.74) is 2.37. The summed E-state index contributed by atoms with van der Waals surface area (Å²) in [6.45, 7) is -0.435. The van der Waals surface area contributed by atoms with E-state index in [0.29, 0.717) is 18.1 Å². The Morgan fingerprint density at radius 3 is 2.67 bits per heavy atom. The molecule has 140 valence electrons. The SMILES string of the molecule is Cc1ccc(OC(F)F)c(NC(=S)Nc2ccn(Cc3ccccc3)n2)c1. The van der Waals surface area contributed by atoms with Gasteiger partial charge in [0.05, 0.1) is 12.2 Å². The molecule has 0 saturated heterocycles. The Balaban J connectivity index is 1.64. The maximum Gasteiger partial charge on any atom is 0.387 e. The number of anilines is 2. The van der Waals surface area contributed by atoms with Crippen LogP contribution in [0.15, 0.2) is 60.8 Å². The Labute approximate surface area is 161 Å². The number of hydrogen-bond acceptors (Lipinski definition) is 3. The number of benzene rings is 2. The number of aryl methyl sites for hydroxylation is 1. The smallest absolute Gasteiger partial charge is 0.387 e. The zero-order valence-corrected chi connectivity index (χ0v) is 15.3. The number of alkyl halides is 2. The minimum Gasteiger partial charge on any atom is -0.433 e. The highest BCUT2D eigenvalue weighted by Gasteiger charge is 2.11. The van der Waals surface area contributed by atoms with Crippen LogP contribution in [0.1, 0.15) is 11.1 Å². The van der Waals surface area contributed by atoms with E-state index < -0.39 is 6.61 Å². The van der Waals surface area contributed by atoms with E-state index in [9.17, 15) is 8.78 Å². The number of ether oxygens (including phenoxy) is 1. The van der Waals surface area contributed by atoms with Crippen molar-refractivity contribution in [3.63, 3.8) is 0 Å². The molecule has 3 aromatic rings. The molecule has 0 aliphatic rings. The summed E-state index contributed by atoms with van der Waals surface area (Å²) in [6, 6.07) is 16.6. The second kappa shape index (κ2) is 8.59. The monoisotopic (exact) mass is 388 g/mol. The maximum atomic E-state index is 12.6. The normalized spacial score (nSPS) is 10.7. The topological polar surface area (TPSA) is 51.1 Å². The quantitative estimate of drug-likeness (QED) is 0.602. The number of hydrogen-bond donors (Lipinski definition) is 2. The molecule has 8 heteroatoms. The van der Waals surface area contributed by atoms with Crippen molar-refractivity contribution < 1.29 is 13.5 Å². The van der Waals surface area contributed by atoms with Crippen molar-refractivity contribution in [3.8, 4) is 5.75 Å². The van der Waals surface area contributed by atoms with Crippen LogP contribution in [0, 0.1) is 6.92 Å². The van der Waals surface area contributed by atoms with E-state index in [-0.39, 0.29) is 10.9 Å². The molecule has 2 N–H and O–H groups in total. The van der Waals surface area contributed by atoms with Crippen molar-refractivity contribution in [1.82, 2.24) is 9.78 Å². The molecule has 0 bridgehead atoms.